The Kier molecular flexibility index (Phi) is 7.35. The van der Waals surface area contributed by atoms with Gasteiger partial charge < -0.3 is 5.11 Å². The molecule has 0 aliphatic heterocycles. The van der Waals surface area contributed by atoms with Gasteiger partial charge in [-0.05, 0) is 12.0 Å². The number of rotatable bonds is 9. The molecule has 1 aromatic carbocycles. The van der Waals surface area contributed by atoms with Crippen molar-refractivity contribution >= 4 is 6.29 Å². The molecule has 1 N–H and O–H groups in total. The van der Waals surface area contributed by atoms with E-state index in [9.17, 15) is 9.90 Å². The number of hydrogen-bond donors (Lipinski definition) is 1. The number of hydrogen-bond acceptors (Lipinski definition) is 2. The first-order valence-electron chi connectivity index (χ1n) is 7.01. The molecular formula is C16H24O2. The van der Waals surface area contributed by atoms with Crippen LogP contribution in [-0.4, -0.2) is 11.4 Å². The molecule has 1 rings (SSSR count). The van der Waals surface area contributed by atoms with Gasteiger partial charge in [0.1, 0.15) is 6.29 Å². The number of aliphatic hydroxyl groups is 1. The van der Waals surface area contributed by atoms with E-state index in [1.54, 1.807) is 12.1 Å². The second kappa shape index (κ2) is 8.87. The topological polar surface area (TPSA) is 37.3 Å². The summed E-state index contributed by atoms with van der Waals surface area (Å²) in [6.45, 7) is 2.22. The molecule has 2 nitrogen and oxygen atoms in total. The molecule has 0 saturated carbocycles. The Labute approximate surface area is 110 Å². The fraction of sp³-hybridized carbons (Fsp3) is 0.562. The third kappa shape index (κ3) is 5.46. The van der Waals surface area contributed by atoms with Crippen LogP contribution in [0.4, 0.5) is 0 Å². The van der Waals surface area contributed by atoms with Crippen molar-refractivity contribution in [2.45, 2.75) is 58.0 Å². The quantitative estimate of drug-likeness (QED) is 0.523. The Balaban J connectivity index is 2.23. The van der Waals surface area contributed by atoms with E-state index < -0.39 is 6.10 Å². The minimum absolute atomic E-state index is 0.392. The number of aldehydes is 1. The van der Waals surface area contributed by atoms with Crippen LogP contribution in [0, 0.1) is 0 Å². The molecule has 1 aromatic rings. The molecule has 1 unspecified atom stereocenters. The lowest BCUT2D eigenvalue weighted by Gasteiger charge is -2.10. The summed E-state index contributed by atoms with van der Waals surface area (Å²) < 4.78 is 0. The van der Waals surface area contributed by atoms with Crippen molar-refractivity contribution in [1.82, 2.24) is 0 Å². The molecule has 0 aliphatic rings. The number of unbranched alkanes of at least 4 members (excludes halogenated alkanes) is 5. The van der Waals surface area contributed by atoms with Gasteiger partial charge in [0, 0.05) is 5.56 Å². The van der Waals surface area contributed by atoms with Crippen LogP contribution in [0.2, 0.25) is 0 Å². The zero-order chi connectivity index (χ0) is 13.2. The third-order valence-corrected chi connectivity index (χ3v) is 3.29. The second-order valence-electron chi connectivity index (χ2n) is 4.86. The maximum Gasteiger partial charge on any atom is 0.150 e. The van der Waals surface area contributed by atoms with Gasteiger partial charge in [0.25, 0.3) is 0 Å². The van der Waals surface area contributed by atoms with Crippen LogP contribution in [0.15, 0.2) is 24.3 Å². The van der Waals surface area contributed by atoms with Gasteiger partial charge >= 0.3 is 0 Å². The van der Waals surface area contributed by atoms with E-state index in [4.69, 9.17) is 0 Å². The second-order valence-corrected chi connectivity index (χ2v) is 4.86. The molecule has 0 amide bonds. The minimum Gasteiger partial charge on any atom is -0.388 e. The first-order valence-corrected chi connectivity index (χ1v) is 7.01. The van der Waals surface area contributed by atoms with E-state index in [1.165, 1.54) is 32.1 Å². The van der Waals surface area contributed by atoms with Crippen molar-refractivity contribution in [2.24, 2.45) is 0 Å². The molecule has 18 heavy (non-hydrogen) atoms. The summed E-state index contributed by atoms with van der Waals surface area (Å²) in [5.41, 5.74) is 1.57. The fourth-order valence-electron chi connectivity index (χ4n) is 2.08. The van der Waals surface area contributed by atoms with Crippen molar-refractivity contribution in [3.8, 4) is 0 Å². The number of carbonyl (C=O) groups excluding carboxylic acids is 1. The van der Waals surface area contributed by atoms with Crippen molar-refractivity contribution < 1.29 is 9.90 Å². The van der Waals surface area contributed by atoms with Gasteiger partial charge in [-0.1, -0.05) is 69.7 Å². The maximum absolute atomic E-state index is 10.5. The van der Waals surface area contributed by atoms with Gasteiger partial charge in [0.15, 0.2) is 0 Å². The van der Waals surface area contributed by atoms with Crippen LogP contribution in [-0.2, 0) is 0 Å². The highest BCUT2D eigenvalue weighted by Gasteiger charge is 2.06. The molecule has 100 valence electrons. The van der Waals surface area contributed by atoms with E-state index in [0.29, 0.717) is 5.56 Å². The molecule has 1 atom stereocenters. The molecule has 0 saturated heterocycles. The summed E-state index contributed by atoms with van der Waals surface area (Å²) in [6, 6.07) is 7.19. The minimum atomic E-state index is -0.392. The van der Waals surface area contributed by atoms with E-state index in [0.717, 1.165) is 24.7 Å². The normalized spacial score (nSPS) is 12.3. The van der Waals surface area contributed by atoms with Crippen LogP contribution in [0.3, 0.4) is 0 Å². The van der Waals surface area contributed by atoms with Crippen LogP contribution in [0.25, 0.3) is 0 Å². The van der Waals surface area contributed by atoms with Crippen molar-refractivity contribution in [3.63, 3.8) is 0 Å². The Morgan fingerprint density at radius 2 is 1.67 bits per heavy atom. The zero-order valence-corrected chi connectivity index (χ0v) is 11.3. The van der Waals surface area contributed by atoms with E-state index in [2.05, 4.69) is 6.92 Å². The number of aliphatic hydroxyl groups excluding tert-OH is 1. The number of benzene rings is 1. The molecule has 0 radical (unpaired) electrons. The average Bonchev–Trinajstić information content (AvgIpc) is 2.42. The van der Waals surface area contributed by atoms with Crippen LogP contribution in [0.1, 0.15) is 73.9 Å². The molecule has 0 bridgehead atoms. The molecule has 0 spiro atoms. The first kappa shape index (κ1) is 14.9. The Morgan fingerprint density at radius 1 is 1.06 bits per heavy atom. The predicted molar refractivity (Wildman–Crippen MR) is 74.8 cm³/mol. The van der Waals surface area contributed by atoms with Gasteiger partial charge in [-0.2, -0.15) is 0 Å². The summed E-state index contributed by atoms with van der Waals surface area (Å²) in [7, 11) is 0. The van der Waals surface area contributed by atoms with E-state index >= 15 is 0 Å². The highest BCUT2D eigenvalue weighted by Crippen LogP contribution is 2.20. The van der Waals surface area contributed by atoms with E-state index in [1.807, 2.05) is 12.1 Å². The largest absolute Gasteiger partial charge is 0.388 e. The smallest absolute Gasteiger partial charge is 0.150 e. The Bertz CT molecular complexity index is 329. The summed E-state index contributed by atoms with van der Waals surface area (Å²) in [5, 5.41) is 10.00. The molecule has 0 fully saturated rings. The average molecular weight is 248 g/mol. The van der Waals surface area contributed by atoms with Crippen LogP contribution < -0.4 is 0 Å². The molecule has 2 heteroatoms. The van der Waals surface area contributed by atoms with Gasteiger partial charge in [-0.25, -0.2) is 0 Å². The van der Waals surface area contributed by atoms with E-state index in [-0.39, 0.29) is 0 Å². The van der Waals surface area contributed by atoms with Gasteiger partial charge in [0.05, 0.1) is 6.10 Å². The Morgan fingerprint density at radius 3 is 2.28 bits per heavy atom. The maximum atomic E-state index is 10.5. The predicted octanol–water partition coefficient (Wildman–Crippen LogP) is 4.28. The zero-order valence-electron chi connectivity index (χ0n) is 11.3. The summed E-state index contributed by atoms with van der Waals surface area (Å²) in [4.78, 5) is 10.5. The molecule has 0 aromatic heterocycles. The van der Waals surface area contributed by atoms with Gasteiger partial charge in [-0.15, -0.1) is 0 Å². The SMILES string of the molecule is CCCCCCCCC(O)c1ccc(C=O)cc1. The molecular weight excluding hydrogens is 224 g/mol. The first-order chi connectivity index (χ1) is 8.77. The lowest BCUT2D eigenvalue weighted by atomic mass is 10.0. The van der Waals surface area contributed by atoms with Crippen LogP contribution in [0.5, 0.6) is 0 Å². The lowest BCUT2D eigenvalue weighted by Crippen LogP contribution is -1.97. The summed E-state index contributed by atoms with van der Waals surface area (Å²) in [5.74, 6) is 0. The summed E-state index contributed by atoms with van der Waals surface area (Å²) in [6.07, 6.45) is 8.67. The molecule has 0 aliphatic carbocycles. The van der Waals surface area contributed by atoms with Crippen LogP contribution >= 0.6 is 0 Å². The lowest BCUT2D eigenvalue weighted by molar-refractivity contribution is 0.112. The van der Waals surface area contributed by atoms with Crippen molar-refractivity contribution in [2.75, 3.05) is 0 Å². The fourth-order valence-corrected chi connectivity index (χ4v) is 2.08. The third-order valence-electron chi connectivity index (χ3n) is 3.29. The monoisotopic (exact) mass is 248 g/mol. The number of carbonyl (C=O) groups is 1. The standard InChI is InChI=1S/C16H24O2/c1-2-3-4-5-6-7-8-16(18)15-11-9-14(13-17)10-12-15/h9-13,16,18H,2-8H2,1H3. The van der Waals surface area contributed by atoms with Crippen molar-refractivity contribution in [1.29, 1.82) is 0 Å². The van der Waals surface area contributed by atoms with Crippen molar-refractivity contribution in [3.05, 3.63) is 35.4 Å². The Hall–Kier alpha value is -1.15. The molecule has 0 heterocycles. The van der Waals surface area contributed by atoms with Gasteiger partial charge in [-0.3, -0.25) is 4.79 Å². The highest BCUT2D eigenvalue weighted by molar-refractivity contribution is 5.74. The summed E-state index contributed by atoms with van der Waals surface area (Å²) >= 11 is 0. The van der Waals surface area contributed by atoms with Gasteiger partial charge in [0.2, 0.25) is 0 Å². The highest BCUT2D eigenvalue weighted by atomic mass is 16.3.